The number of phenolic OH excluding ortho intramolecular Hbond substituents is 2. The van der Waals surface area contributed by atoms with Crippen molar-refractivity contribution in [2.45, 2.75) is 79.4 Å². The number of nitrogens with one attached hydrogen (secondary N) is 1. The molecule has 1 heterocycles. The van der Waals surface area contributed by atoms with Crippen molar-refractivity contribution in [3.63, 3.8) is 0 Å². The van der Waals surface area contributed by atoms with E-state index in [1.54, 1.807) is 19.1 Å². The average molecular weight is 605 g/mol. The topological polar surface area (TPSA) is 142 Å². The monoisotopic (exact) mass is 604 g/mol. The summed E-state index contributed by atoms with van der Waals surface area (Å²) in [5.41, 5.74) is 9.00. The number of ether oxygens (including phenoxy) is 1. The molecule has 0 unspecified atom stereocenters. The molecule has 0 saturated heterocycles. The number of primary amides is 1. The molecule has 0 saturated carbocycles. The van der Waals surface area contributed by atoms with Gasteiger partial charge in [0.05, 0.1) is 11.8 Å². The summed E-state index contributed by atoms with van der Waals surface area (Å²) in [5, 5.41) is 36.6. The van der Waals surface area contributed by atoms with E-state index in [1.807, 2.05) is 70.2 Å². The molecule has 0 aliphatic carbocycles. The van der Waals surface area contributed by atoms with E-state index < -0.39 is 24.2 Å². The van der Waals surface area contributed by atoms with E-state index in [0.717, 1.165) is 11.1 Å². The first-order chi connectivity index (χ1) is 20.8. The van der Waals surface area contributed by atoms with Crippen LogP contribution in [0.3, 0.4) is 0 Å². The van der Waals surface area contributed by atoms with Gasteiger partial charge in [0, 0.05) is 34.6 Å². The quantitative estimate of drug-likeness (QED) is 0.152. The van der Waals surface area contributed by atoms with Crippen molar-refractivity contribution in [2.24, 2.45) is 29.4 Å². The molecular formula is C36H48N2O6. The summed E-state index contributed by atoms with van der Waals surface area (Å²) in [6.45, 7) is 11.3. The van der Waals surface area contributed by atoms with Gasteiger partial charge < -0.3 is 31.1 Å². The smallest absolute Gasteiger partial charge is 0.405 e. The number of aliphatic hydroxyl groups is 1. The van der Waals surface area contributed by atoms with Crippen molar-refractivity contribution in [2.75, 3.05) is 5.32 Å². The van der Waals surface area contributed by atoms with E-state index in [9.17, 15) is 24.9 Å². The molecular weight excluding hydrogens is 556 g/mol. The minimum absolute atomic E-state index is 0.0142. The maximum absolute atomic E-state index is 13.1. The number of fused-ring (bicyclic) bond motifs is 2. The Balaban J connectivity index is 2.05. The summed E-state index contributed by atoms with van der Waals surface area (Å²) >= 11 is 0. The SMILES string of the molecule is C/C1=C\C=C/[C@H](C)[C@@H](OC(N)=O)/C(C)=C/[C@H](C)[C@@H](O)[C@@H](C)C[C@H](C)Cc2c(O)c(cc(O)c2CCc2ccccc2)NC1=O. The van der Waals surface area contributed by atoms with Crippen LogP contribution in [0.1, 0.15) is 64.7 Å². The van der Waals surface area contributed by atoms with Gasteiger partial charge in [-0.2, -0.15) is 0 Å². The lowest BCUT2D eigenvalue weighted by atomic mass is 9.82. The fourth-order valence-corrected chi connectivity index (χ4v) is 6.11. The second kappa shape index (κ2) is 15.6. The highest BCUT2D eigenvalue weighted by Gasteiger charge is 2.27. The molecule has 0 radical (unpaired) electrons. The number of aliphatic hydroxyl groups excluding tert-OH is 1. The Morgan fingerprint density at radius 1 is 1.05 bits per heavy atom. The Morgan fingerprint density at radius 2 is 1.73 bits per heavy atom. The molecule has 8 heteroatoms. The van der Waals surface area contributed by atoms with Crippen LogP contribution in [0.5, 0.6) is 11.5 Å². The predicted molar refractivity (Wildman–Crippen MR) is 174 cm³/mol. The van der Waals surface area contributed by atoms with Gasteiger partial charge >= 0.3 is 6.09 Å². The van der Waals surface area contributed by atoms with E-state index in [-0.39, 0.29) is 40.9 Å². The van der Waals surface area contributed by atoms with E-state index in [2.05, 4.69) is 12.2 Å². The number of carbonyl (C=O) groups is 2. The maximum atomic E-state index is 13.1. The largest absolute Gasteiger partial charge is 0.508 e. The number of carbonyl (C=O) groups excluding carboxylic acids is 2. The highest BCUT2D eigenvalue weighted by molar-refractivity contribution is 6.04. The lowest BCUT2D eigenvalue weighted by Crippen LogP contribution is -2.30. The fourth-order valence-electron chi connectivity index (χ4n) is 6.11. The van der Waals surface area contributed by atoms with Gasteiger partial charge in [-0.15, -0.1) is 0 Å². The Hall–Kier alpha value is -4.04. The first-order valence-electron chi connectivity index (χ1n) is 15.4. The average Bonchev–Trinajstić information content (AvgIpc) is 2.97. The Kier molecular flexibility index (Phi) is 12.2. The predicted octanol–water partition coefficient (Wildman–Crippen LogP) is 6.59. The normalized spacial score (nSPS) is 28.6. The van der Waals surface area contributed by atoms with E-state index in [0.29, 0.717) is 42.4 Å². The summed E-state index contributed by atoms with van der Waals surface area (Å²) in [4.78, 5) is 24.8. The number of amides is 2. The molecule has 1 aliphatic heterocycles. The van der Waals surface area contributed by atoms with E-state index in [1.165, 1.54) is 6.07 Å². The maximum Gasteiger partial charge on any atom is 0.405 e. The van der Waals surface area contributed by atoms with Gasteiger partial charge in [0.25, 0.3) is 5.91 Å². The zero-order valence-corrected chi connectivity index (χ0v) is 26.7. The first-order valence-corrected chi connectivity index (χ1v) is 15.4. The zero-order valence-electron chi connectivity index (χ0n) is 26.7. The van der Waals surface area contributed by atoms with Crippen molar-refractivity contribution < 1.29 is 29.6 Å². The number of hydrogen-bond acceptors (Lipinski definition) is 6. The third kappa shape index (κ3) is 9.23. The molecule has 44 heavy (non-hydrogen) atoms. The molecule has 238 valence electrons. The van der Waals surface area contributed by atoms with Gasteiger partial charge in [0.1, 0.15) is 17.6 Å². The third-order valence-corrected chi connectivity index (χ3v) is 8.51. The molecule has 2 amide bonds. The first kappa shape index (κ1) is 34.5. The summed E-state index contributed by atoms with van der Waals surface area (Å²) in [6, 6.07) is 11.3. The number of phenols is 2. The molecule has 0 fully saturated rings. The Labute approximate surface area is 261 Å². The van der Waals surface area contributed by atoms with Crippen molar-refractivity contribution in [1.29, 1.82) is 0 Å². The third-order valence-electron chi connectivity index (χ3n) is 8.51. The van der Waals surface area contributed by atoms with Crippen LogP contribution >= 0.6 is 0 Å². The lowest BCUT2D eigenvalue weighted by Gasteiger charge is -2.28. The number of aromatic hydroxyl groups is 2. The number of rotatable bonds is 4. The van der Waals surface area contributed by atoms with Gasteiger partial charge in [-0.1, -0.05) is 82.3 Å². The molecule has 6 atom stereocenters. The van der Waals surface area contributed by atoms with Gasteiger partial charge in [-0.05, 0) is 62.5 Å². The molecule has 8 nitrogen and oxygen atoms in total. The fraction of sp³-hybridized carbons (Fsp3) is 0.444. The molecule has 2 aromatic carbocycles. The molecule has 2 bridgehead atoms. The van der Waals surface area contributed by atoms with E-state index >= 15 is 0 Å². The highest BCUT2D eigenvalue weighted by Crippen LogP contribution is 2.40. The number of benzene rings is 2. The summed E-state index contributed by atoms with van der Waals surface area (Å²) < 4.78 is 5.44. The minimum atomic E-state index is -0.893. The summed E-state index contributed by atoms with van der Waals surface area (Å²) in [7, 11) is 0. The van der Waals surface area contributed by atoms with Crippen molar-refractivity contribution in [3.05, 3.63) is 88.5 Å². The number of nitrogens with two attached hydrogens (primary N) is 1. The van der Waals surface area contributed by atoms with Crippen LogP contribution in [-0.4, -0.2) is 39.5 Å². The van der Waals surface area contributed by atoms with Crippen LogP contribution < -0.4 is 11.1 Å². The van der Waals surface area contributed by atoms with Gasteiger partial charge in [-0.25, -0.2) is 4.79 Å². The summed E-state index contributed by atoms with van der Waals surface area (Å²) in [6.07, 6.45) is 7.12. The Bertz CT molecular complexity index is 1400. The molecule has 1 aliphatic rings. The summed E-state index contributed by atoms with van der Waals surface area (Å²) in [5.74, 6) is -1.06. The van der Waals surface area contributed by atoms with Gasteiger partial charge in [0.15, 0.2) is 0 Å². The zero-order chi connectivity index (χ0) is 32.6. The minimum Gasteiger partial charge on any atom is -0.508 e. The molecule has 2 aromatic rings. The van der Waals surface area contributed by atoms with Crippen LogP contribution in [-0.2, 0) is 28.8 Å². The number of allylic oxidation sites excluding steroid dienone is 2. The standard InChI is InChI=1S/C36H48N2O6/c1-21-17-24(4)32(40)25(5)19-26(6)34(44-36(37)43)22(2)11-10-12-23(3)35(42)38-30-20-31(39)28(29(18-21)33(30)41)16-15-27-13-8-7-9-14-27/h7-14,19-22,24-25,32,34,39-41H,15-18H2,1-6H3,(H2,37,43)(H,38,42)/b11-10-,23-12+,26-19+/t21-,22-,24-,25-,32-,34+/m0/s1. The van der Waals surface area contributed by atoms with Crippen molar-refractivity contribution >= 4 is 17.7 Å². The molecule has 6 N–H and O–H groups in total. The second-order valence-electron chi connectivity index (χ2n) is 12.4. The number of hydrogen-bond donors (Lipinski definition) is 5. The molecule has 3 rings (SSSR count). The van der Waals surface area contributed by atoms with Crippen LogP contribution in [0.25, 0.3) is 0 Å². The van der Waals surface area contributed by atoms with Crippen molar-refractivity contribution in [1.82, 2.24) is 0 Å². The van der Waals surface area contributed by atoms with Crippen LogP contribution in [0.4, 0.5) is 10.5 Å². The number of anilines is 1. The van der Waals surface area contributed by atoms with Crippen molar-refractivity contribution in [3.8, 4) is 11.5 Å². The molecule has 0 spiro atoms. The molecule has 0 aromatic heterocycles. The van der Waals surface area contributed by atoms with Gasteiger partial charge in [0.2, 0.25) is 0 Å². The number of aryl methyl sites for hydroxylation is 1. The van der Waals surface area contributed by atoms with Crippen LogP contribution in [0, 0.1) is 23.7 Å². The highest BCUT2D eigenvalue weighted by atomic mass is 16.6. The van der Waals surface area contributed by atoms with Crippen LogP contribution in [0.15, 0.2) is 71.8 Å². The second-order valence-corrected chi connectivity index (χ2v) is 12.4. The Morgan fingerprint density at radius 3 is 2.39 bits per heavy atom. The van der Waals surface area contributed by atoms with Gasteiger partial charge in [-0.3, -0.25) is 4.79 Å². The lowest BCUT2D eigenvalue weighted by molar-refractivity contribution is -0.112. The van der Waals surface area contributed by atoms with Crippen LogP contribution in [0.2, 0.25) is 0 Å². The van der Waals surface area contributed by atoms with E-state index in [4.69, 9.17) is 10.5 Å².